The quantitative estimate of drug-likeness (QED) is 0.753. The van der Waals surface area contributed by atoms with Gasteiger partial charge in [-0.1, -0.05) is 45.0 Å². The third-order valence-electron chi connectivity index (χ3n) is 4.84. The number of β-amino-alcohol motifs (C(OH)–C–C–N with tert-alkyl or cyclic N) is 1. The topological polar surface area (TPSA) is 64.2 Å². The number of hydrogen-bond donors (Lipinski definition) is 3. The number of nitrogens with one attached hydrogen (secondary N) is 2. The van der Waals surface area contributed by atoms with Gasteiger partial charge in [-0.25, -0.2) is 0 Å². The largest absolute Gasteiger partial charge is 0.390 e. The molecule has 1 aromatic carbocycles. The second kappa shape index (κ2) is 7.68. The lowest BCUT2D eigenvalue weighted by Gasteiger charge is -2.30. The standard InChI is InChI=1S/C20H30N4O/c1-20(2,3)19-17(11-22-23-19)10-21-12-18(25)14-24-9-8-15-6-4-5-7-16(15)13-24/h4-7,11,18,21,25H,8-10,12-14H2,1-3H3,(H,22,23)/t18-/m1/s1. The molecule has 3 N–H and O–H groups in total. The summed E-state index contributed by atoms with van der Waals surface area (Å²) in [6, 6.07) is 8.61. The van der Waals surface area contributed by atoms with Crippen molar-refractivity contribution < 1.29 is 5.11 Å². The molecule has 0 fully saturated rings. The highest BCUT2D eigenvalue weighted by molar-refractivity contribution is 5.29. The summed E-state index contributed by atoms with van der Waals surface area (Å²) in [5.74, 6) is 0. The number of hydrogen-bond acceptors (Lipinski definition) is 4. The van der Waals surface area contributed by atoms with Crippen LogP contribution in [0.4, 0.5) is 0 Å². The first kappa shape index (κ1) is 18.1. The molecule has 2 heterocycles. The predicted octanol–water partition coefficient (Wildman–Crippen LogP) is 2.22. The van der Waals surface area contributed by atoms with Crippen molar-refractivity contribution in [2.24, 2.45) is 0 Å². The highest BCUT2D eigenvalue weighted by atomic mass is 16.3. The summed E-state index contributed by atoms with van der Waals surface area (Å²) in [5, 5.41) is 21.0. The van der Waals surface area contributed by atoms with Gasteiger partial charge in [0.25, 0.3) is 0 Å². The number of benzene rings is 1. The number of aliphatic hydroxyl groups is 1. The van der Waals surface area contributed by atoms with E-state index < -0.39 is 0 Å². The highest BCUT2D eigenvalue weighted by Gasteiger charge is 2.21. The van der Waals surface area contributed by atoms with Crippen molar-refractivity contribution in [1.82, 2.24) is 20.4 Å². The summed E-state index contributed by atoms with van der Waals surface area (Å²) in [7, 11) is 0. The zero-order valence-corrected chi connectivity index (χ0v) is 15.5. The van der Waals surface area contributed by atoms with Gasteiger partial charge >= 0.3 is 0 Å². The van der Waals surface area contributed by atoms with E-state index in [0.717, 1.165) is 31.7 Å². The maximum atomic E-state index is 10.4. The van der Waals surface area contributed by atoms with E-state index in [1.807, 2.05) is 6.20 Å². The molecule has 0 saturated carbocycles. The van der Waals surface area contributed by atoms with Crippen molar-refractivity contribution in [2.45, 2.75) is 51.8 Å². The van der Waals surface area contributed by atoms with Crippen molar-refractivity contribution in [1.29, 1.82) is 0 Å². The van der Waals surface area contributed by atoms with Crippen molar-refractivity contribution >= 4 is 0 Å². The molecule has 0 radical (unpaired) electrons. The molecule has 3 rings (SSSR count). The first-order valence-corrected chi connectivity index (χ1v) is 9.14. The Morgan fingerprint density at radius 3 is 2.80 bits per heavy atom. The minimum atomic E-state index is -0.366. The van der Waals surface area contributed by atoms with E-state index in [1.165, 1.54) is 16.7 Å². The van der Waals surface area contributed by atoms with Gasteiger partial charge in [0.1, 0.15) is 0 Å². The molecule has 5 nitrogen and oxygen atoms in total. The van der Waals surface area contributed by atoms with Crippen molar-refractivity contribution in [3.8, 4) is 0 Å². The molecular weight excluding hydrogens is 312 g/mol. The Morgan fingerprint density at radius 2 is 2.04 bits per heavy atom. The van der Waals surface area contributed by atoms with Gasteiger partial charge in [0.15, 0.2) is 0 Å². The fourth-order valence-electron chi connectivity index (χ4n) is 3.54. The minimum absolute atomic E-state index is 0.0489. The molecule has 0 spiro atoms. The number of fused-ring (bicyclic) bond motifs is 1. The van der Waals surface area contributed by atoms with Gasteiger partial charge in [-0.05, 0) is 17.5 Å². The zero-order valence-electron chi connectivity index (χ0n) is 15.5. The van der Waals surface area contributed by atoms with Crippen LogP contribution in [0.15, 0.2) is 30.5 Å². The van der Waals surface area contributed by atoms with E-state index in [2.05, 4.69) is 65.5 Å². The average Bonchev–Trinajstić information content (AvgIpc) is 3.03. The summed E-state index contributed by atoms with van der Waals surface area (Å²) < 4.78 is 0. The number of H-pyrrole nitrogens is 1. The Kier molecular flexibility index (Phi) is 5.57. The van der Waals surface area contributed by atoms with Crippen LogP contribution in [0.25, 0.3) is 0 Å². The van der Waals surface area contributed by atoms with E-state index >= 15 is 0 Å². The van der Waals surface area contributed by atoms with E-state index in [4.69, 9.17) is 0 Å². The van der Waals surface area contributed by atoms with Crippen LogP contribution < -0.4 is 5.32 Å². The lowest BCUT2D eigenvalue weighted by Crippen LogP contribution is -2.40. The monoisotopic (exact) mass is 342 g/mol. The van der Waals surface area contributed by atoms with Crippen molar-refractivity contribution in [3.05, 3.63) is 52.8 Å². The second-order valence-corrected chi connectivity index (χ2v) is 8.06. The molecule has 0 bridgehead atoms. The summed E-state index contributed by atoms with van der Waals surface area (Å²) in [5.41, 5.74) is 5.21. The van der Waals surface area contributed by atoms with Gasteiger partial charge in [-0.15, -0.1) is 0 Å². The normalized spacial score (nSPS) is 16.6. The maximum Gasteiger partial charge on any atom is 0.0791 e. The molecule has 0 saturated heterocycles. The molecule has 1 aromatic heterocycles. The number of nitrogens with zero attached hydrogens (tertiary/aromatic N) is 2. The van der Waals surface area contributed by atoms with Crippen molar-refractivity contribution in [2.75, 3.05) is 19.6 Å². The smallest absolute Gasteiger partial charge is 0.0791 e. The van der Waals surface area contributed by atoms with Crippen LogP contribution in [0.1, 0.15) is 43.2 Å². The molecule has 1 atom stereocenters. The van der Waals surface area contributed by atoms with Gasteiger partial charge in [0.2, 0.25) is 0 Å². The molecule has 2 aromatic rings. The maximum absolute atomic E-state index is 10.4. The number of aromatic nitrogens is 2. The Hall–Kier alpha value is -1.69. The van der Waals surface area contributed by atoms with Crippen LogP contribution in [0.3, 0.4) is 0 Å². The van der Waals surface area contributed by atoms with Crippen LogP contribution in [0, 0.1) is 0 Å². The van der Waals surface area contributed by atoms with E-state index in [-0.39, 0.29) is 11.5 Å². The summed E-state index contributed by atoms with van der Waals surface area (Å²) >= 11 is 0. The van der Waals surface area contributed by atoms with Gasteiger partial charge in [0.05, 0.1) is 12.3 Å². The molecule has 0 amide bonds. The average molecular weight is 342 g/mol. The van der Waals surface area contributed by atoms with Crippen LogP contribution in [-0.2, 0) is 24.9 Å². The SMILES string of the molecule is CC(C)(C)c1[nH]ncc1CNC[C@@H](O)CN1CCc2ccccc2C1. The van der Waals surface area contributed by atoms with Crippen LogP contribution in [-0.4, -0.2) is 45.9 Å². The van der Waals surface area contributed by atoms with Gasteiger partial charge in [-0.3, -0.25) is 10.00 Å². The van der Waals surface area contributed by atoms with Crippen LogP contribution in [0.2, 0.25) is 0 Å². The molecular formula is C20H30N4O. The summed E-state index contributed by atoms with van der Waals surface area (Å²) in [6.07, 6.45) is 2.58. The fraction of sp³-hybridized carbons (Fsp3) is 0.550. The third kappa shape index (κ3) is 4.69. The summed E-state index contributed by atoms with van der Waals surface area (Å²) in [6.45, 7) is 10.5. The number of aromatic amines is 1. The minimum Gasteiger partial charge on any atom is -0.390 e. The highest BCUT2D eigenvalue weighted by Crippen LogP contribution is 2.23. The Bertz CT molecular complexity index is 689. The lowest BCUT2D eigenvalue weighted by molar-refractivity contribution is 0.104. The van der Waals surface area contributed by atoms with Gasteiger partial charge in [-0.2, -0.15) is 5.10 Å². The van der Waals surface area contributed by atoms with E-state index in [1.54, 1.807) is 0 Å². The molecule has 5 heteroatoms. The summed E-state index contributed by atoms with van der Waals surface area (Å²) in [4.78, 5) is 2.34. The van der Waals surface area contributed by atoms with Gasteiger partial charge < -0.3 is 10.4 Å². The zero-order chi connectivity index (χ0) is 17.9. The lowest BCUT2D eigenvalue weighted by atomic mass is 9.89. The van der Waals surface area contributed by atoms with Crippen LogP contribution >= 0.6 is 0 Å². The fourth-order valence-corrected chi connectivity index (χ4v) is 3.54. The first-order valence-electron chi connectivity index (χ1n) is 9.14. The Labute approximate surface area is 150 Å². The predicted molar refractivity (Wildman–Crippen MR) is 100 cm³/mol. The molecule has 0 aliphatic carbocycles. The molecule has 0 unspecified atom stereocenters. The molecule has 1 aliphatic rings. The van der Waals surface area contributed by atoms with E-state index in [9.17, 15) is 5.11 Å². The Balaban J connectivity index is 1.45. The second-order valence-electron chi connectivity index (χ2n) is 8.06. The van der Waals surface area contributed by atoms with E-state index in [0.29, 0.717) is 13.1 Å². The van der Waals surface area contributed by atoms with Crippen LogP contribution in [0.5, 0.6) is 0 Å². The Morgan fingerprint density at radius 1 is 1.28 bits per heavy atom. The number of aliphatic hydroxyl groups excluding tert-OH is 1. The van der Waals surface area contributed by atoms with Crippen molar-refractivity contribution in [3.63, 3.8) is 0 Å². The molecule has 136 valence electrons. The molecule has 25 heavy (non-hydrogen) atoms. The number of rotatable bonds is 6. The molecule has 1 aliphatic heterocycles. The third-order valence-corrected chi connectivity index (χ3v) is 4.84. The first-order chi connectivity index (χ1) is 11.9. The van der Waals surface area contributed by atoms with Gasteiger partial charge in [0, 0.05) is 49.4 Å².